The van der Waals surface area contributed by atoms with E-state index in [1.54, 1.807) is 19.1 Å². The number of carbonyl (C=O) groups is 2. The zero-order valence-corrected chi connectivity index (χ0v) is 11.5. The van der Waals surface area contributed by atoms with Crippen molar-refractivity contribution in [2.24, 2.45) is 5.92 Å². The standard InChI is InChI=1S/C13H16ClNO4/c1-8(5-12(16)17)7-15-13(18)10-6-9(14)3-4-11(10)19-2/h3-4,6,8H,5,7H2,1-2H3,(H,15,18)(H,16,17). The molecule has 0 aliphatic heterocycles. The third-order valence-corrected chi connectivity index (χ3v) is 2.78. The third-order valence-electron chi connectivity index (χ3n) is 2.54. The molecule has 104 valence electrons. The number of carboxylic acid groups (broad SMARTS) is 1. The predicted octanol–water partition coefficient (Wildman–Crippen LogP) is 2.19. The lowest BCUT2D eigenvalue weighted by molar-refractivity contribution is -0.137. The van der Waals surface area contributed by atoms with E-state index in [-0.39, 0.29) is 24.8 Å². The number of aliphatic carboxylic acids is 1. The van der Waals surface area contributed by atoms with Gasteiger partial charge in [0.25, 0.3) is 5.91 Å². The van der Waals surface area contributed by atoms with Crippen LogP contribution in [0.15, 0.2) is 18.2 Å². The van der Waals surface area contributed by atoms with Gasteiger partial charge in [-0.2, -0.15) is 0 Å². The largest absolute Gasteiger partial charge is 0.496 e. The number of carboxylic acids is 1. The molecule has 0 saturated carbocycles. The van der Waals surface area contributed by atoms with Crippen LogP contribution in [-0.2, 0) is 4.79 Å². The highest BCUT2D eigenvalue weighted by Gasteiger charge is 2.14. The molecule has 1 rings (SSSR count). The Kier molecular flexibility index (Phi) is 5.63. The summed E-state index contributed by atoms with van der Waals surface area (Å²) in [5.41, 5.74) is 0.331. The number of benzene rings is 1. The normalized spacial score (nSPS) is 11.7. The Bertz CT molecular complexity index is 476. The first kappa shape index (κ1) is 15.3. The fourth-order valence-corrected chi connectivity index (χ4v) is 1.76. The van der Waals surface area contributed by atoms with E-state index in [9.17, 15) is 9.59 Å². The molecule has 1 atom stereocenters. The number of rotatable bonds is 6. The first-order valence-electron chi connectivity index (χ1n) is 5.77. The average molecular weight is 286 g/mol. The Labute approximate surface area is 116 Å². The SMILES string of the molecule is COc1ccc(Cl)cc1C(=O)NCC(C)CC(=O)O. The van der Waals surface area contributed by atoms with Gasteiger partial charge >= 0.3 is 5.97 Å². The summed E-state index contributed by atoms with van der Waals surface area (Å²) in [6.07, 6.45) is 0.00691. The Morgan fingerprint density at radius 1 is 1.47 bits per heavy atom. The minimum absolute atomic E-state index is 0.00691. The van der Waals surface area contributed by atoms with Crippen molar-refractivity contribution >= 4 is 23.5 Å². The maximum Gasteiger partial charge on any atom is 0.303 e. The second kappa shape index (κ2) is 6.99. The van der Waals surface area contributed by atoms with Gasteiger partial charge in [-0.15, -0.1) is 0 Å². The van der Waals surface area contributed by atoms with Gasteiger partial charge in [0.05, 0.1) is 12.7 Å². The quantitative estimate of drug-likeness (QED) is 0.840. The predicted molar refractivity (Wildman–Crippen MR) is 71.8 cm³/mol. The first-order valence-corrected chi connectivity index (χ1v) is 6.15. The van der Waals surface area contributed by atoms with Crippen LogP contribution in [0.3, 0.4) is 0 Å². The minimum atomic E-state index is -0.887. The van der Waals surface area contributed by atoms with Crippen LogP contribution < -0.4 is 10.1 Å². The lowest BCUT2D eigenvalue weighted by Crippen LogP contribution is -2.29. The highest BCUT2D eigenvalue weighted by atomic mass is 35.5. The van der Waals surface area contributed by atoms with Crippen LogP contribution in [0, 0.1) is 5.92 Å². The number of carbonyl (C=O) groups excluding carboxylic acids is 1. The van der Waals surface area contributed by atoms with Crippen molar-refractivity contribution in [1.29, 1.82) is 0 Å². The Hall–Kier alpha value is -1.75. The Morgan fingerprint density at radius 2 is 2.16 bits per heavy atom. The Morgan fingerprint density at radius 3 is 2.74 bits per heavy atom. The zero-order valence-electron chi connectivity index (χ0n) is 10.8. The molecule has 0 heterocycles. The van der Waals surface area contributed by atoms with Crippen LogP contribution in [0.1, 0.15) is 23.7 Å². The van der Waals surface area contributed by atoms with E-state index in [2.05, 4.69) is 5.32 Å². The molecule has 0 saturated heterocycles. The lowest BCUT2D eigenvalue weighted by atomic mass is 10.1. The summed E-state index contributed by atoms with van der Waals surface area (Å²) < 4.78 is 5.08. The summed E-state index contributed by atoms with van der Waals surface area (Å²) in [5, 5.41) is 11.7. The molecule has 0 aliphatic rings. The van der Waals surface area contributed by atoms with Gasteiger partial charge in [-0.1, -0.05) is 18.5 Å². The second-order valence-corrected chi connectivity index (χ2v) is 4.69. The summed E-state index contributed by atoms with van der Waals surface area (Å²) >= 11 is 5.84. The van der Waals surface area contributed by atoms with Crippen molar-refractivity contribution < 1.29 is 19.4 Å². The smallest absolute Gasteiger partial charge is 0.303 e. The van der Waals surface area contributed by atoms with Crippen LogP contribution in [-0.4, -0.2) is 30.6 Å². The fraction of sp³-hybridized carbons (Fsp3) is 0.385. The summed E-state index contributed by atoms with van der Waals surface area (Å²) in [4.78, 5) is 22.5. The molecular formula is C13H16ClNO4. The Balaban J connectivity index is 2.68. The number of amides is 1. The molecule has 5 nitrogen and oxygen atoms in total. The highest BCUT2D eigenvalue weighted by molar-refractivity contribution is 6.31. The van der Waals surface area contributed by atoms with Crippen LogP contribution in [0.5, 0.6) is 5.75 Å². The molecule has 0 bridgehead atoms. The molecule has 1 unspecified atom stereocenters. The van der Waals surface area contributed by atoms with Gasteiger partial charge in [0.2, 0.25) is 0 Å². The molecule has 0 aromatic heterocycles. The van der Waals surface area contributed by atoms with Gasteiger partial charge in [0.15, 0.2) is 0 Å². The molecular weight excluding hydrogens is 270 g/mol. The van der Waals surface area contributed by atoms with E-state index in [0.29, 0.717) is 16.3 Å². The number of ether oxygens (including phenoxy) is 1. The van der Waals surface area contributed by atoms with Crippen LogP contribution in [0.4, 0.5) is 0 Å². The van der Waals surface area contributed by atoms with Crippen molar-refractivity contribution in [1.82, 2.24) is 5.32 Å². The average Bonchev–Trinajstić information content (AvgIpc) is 2.35. The van der Waals surface area contributed by atoms with E-state index in [1.165, 1.54) is 13.2 Å². The molecule has 0 spiro atoms. The highest BCUT2D eigenvalue weighted by Crippen LogP contribution is 2.22. The number of halogens is 1. The molecule has 0 fully saturated rings. The minimum Gasteiger partial charge on any atom is -0.496 e. The van der Waals surface area contributed by atoms with E-state index in [4.69, 9.17) is 21.4 Å². The number of hydrogen-bond acceptors (Lipinski definition) is 3. The zero-order chi connectivity index (χ0) is 14.4. The maximum atomic E-state index is 12.0. The summed E-state index contributed by atoms with van der Waals surface area (Å²) in [7, 11) is 1.47. The van der Waals surface area contributed by atoms with E-state index >= 15 is 0 Å². The summed E-state index contributed by atoms with van der Waals surface area (Å²) in [5.74, 6) is -0.946. The third kappa shape index (κ3) is 4.79. The fourth-order valence-electron chi connectivity index (χ4n) is 1.59. The first-order chi connectivity index (χ1) is 8.93. The molecule has 1 aromatic rings. The maximum absolute atomic E-state index is 12.0. The summed E-state index contributed by atoms with van der Waals surface area (Å²) in [6, 6.07) is 4.75. The second-order valence-electron chi connectivity index (χ2n) is 4.26. The number of hydrogen-bond donors (Lipinski definition) is 2. The molecule has 2 N–H and O–H groups in total. The van der Waals surface area contributed by atoms with Gasteiger partial charge in [-0.25, -0.2) is 0 Å². The topological polar surface area (TPSA) is 75.6 Å². The molecule has 1 aromatic carbocycles. The van der Waals surface area contributed by atoms with Crippen molar-refractivity contribution in [3.05, 3.63) is 28.8 Å². The van der Waals surface area contributed by atoms with Crippen molar-refractivity contribution in [3.8, 4) is 5.75 Å². The van der Waals surface area contributed by atoms with E-state index < -0.39 is 5.97 Å². The number of nitrogens with one attached hydrogen (secondary N) is 1. The molecule has 1 amide bonds. The van der Waals surface area contributed by atoms with Gasteiger partial charge in [-0.05, 0) is 24.1 Å². The van der Waals surface area contributed by atoms with Crippen LogP contribution in [0.25, 0.3) is 0 Å². The summed E-state index contributed by atoms with van der Waals surface area (Å²) in [6.45, 7) is 2.03. The lowest BCUT2D eigenvalue weighted by Gasteiger charge is -2.12. The van der Waals surface area contributed by atoms with E-state index in [0.717, 1.165) is 0 Å². The van der Waals surface area contributed by atoms with Gasteiger partial charge in [0, 0.05) is 18.0 Å². The van der Waals surface area contributed by atoms with Crippen LogP contribution in [0.2, 0.25) is 5.02 Å². The van der Waals surface area contributed by atoms with Crippen molar-refractivity contribution in [3.63, 3.8) is 0 Å². The molecule has 0 radical (unpaired) electrons. The monoisotopic (exact) mass is 285 g/mol. The van der Waals surface area contributed by atoms with Gasteiger partial charge in [0.1, 0.15) is 5.75 Å². The number of methoxy groups -OCH3 is 1. The van der Waals surface area contributed by atoms with Gasteiger partial charge < -0.3 is 15.2 Å². The van der Waals surface area contributed by atoms with Crippen molar-refractivity contribution in [2.75, 3.05) is 13.7 Å². The van der Waals surface area contributed by atoms with Crippen molar-refractivity contribution in [2.45, 2.75) is 13.3 Å². The molecule has 0 aliphatic carbocycles. The van der Waals surface area contributed by atoms with Crippen LogP contribution >= 0.6 is 11.6 Å². The molecule has 6 heteroatoms. The van der Waals surface area contributed by atoms with E-state index in [1.807, 2.05) is 0 Å². The molecule has 19 heavy (non-hydrogen) atoms. The van der Waals surface area contributed by atoms with Gasteiger partial charge in [-0.3, -0.25) is 9.59 Å².